The molecule has 0 atom stereocenters. The van der Waals surface area contributed by atoms with E-state index < -0.39 is 108 Å². The van der Waals surface area contributed by atoms with Crippen molar-refractivity contribution in [2.75, 3.05) is 16.0 Å². The third kappa shape index (κ3) is 19.6. The van der Waals surface area contributed by atoms with Gasteiger partial charge in [0.05, 0.1) is 56.0 Å². The van der Waals surface area contributed by atoms with Crippen LogP contribution in [0.25, 0.3) is 0 Å². The number of hydrogen-bond acceptors (Lipinski definition) is 9. The maximum Gasteiger partial charge on any atom is 0.416 e. The molecule has 6 aromatic carbocycles. The number of hydrogen-bond donors (Lipinski definition) is 6. The van der Waals surface area contributed by atoms with Crippen LogP contribution in [-0.4, -0.2) is 50.9 Å². The summed E-state index contributed by atoms with van der Waals surface area (Å²) in [6, 6.07) is 18.1. The van der Waals surface area contributed by atoms with E-state index in [1.54, 1.807) is 13.8 Å². The first-order chi connectivity index (χ1) is 39.6. The molecule has 7 rings (SSSR count). The number of carboxylic acids is 3. The smallest absolute Gasteiger partial charge is 0.416 e. The van der Waals surface area contributed by atoms with Crippen molar-refractivity contribution in [3.05, 3.63) is 175 Å². The molecule has 0 aromatic heterocycles. The van der Waals surface area contributed by atoms with E-state index in [1.165, 1.54) is 54.6 Å². The Morgan fingerprint density at radius 1 is 0.471 bits per heavy atom. The molecule has 454 valence electrons. The fourth-order valence-electron chi connectivity index (χ4n) is 7.26. The van der Waals surface area contributed by atoms with Crippen molar-refractivity contribution in [1.29, 1.82) is 0 Å². The van der Waals surface area contributed by atoms with E-state index in [4.69, 9.17) is 14.2 Å². The van der Waals surface area contributed by atoms with E-state index in [0.717, 1.165) is 43.2 Å². The minimum Gasteiger partial charge on any atom is -0.489 e. The zero-order valence-corrected chi connectivity index (χ0v) is 45.3. The Bertz CT molecular complexity index is 3460. The van der Waals surface area contributed by atoms with Gasteiger partial charge in [-0.1, -0.05) is 48.0 Å². The SMILES string of the molecule is CCC(=O)Nc1ccc(OCc2ccc(C(F)(F)F)cc2C(F)(F)F)cc1C(=O)O.CCC(=O)Nc1ccc(OCc2ccc(F)cc2C(F)(F)F)cc1C(=O)O.O=C(O)c1cc(OCc2ccc(Br)cc2C(F)(F)F)ccc1NC(=O)C1CC1. The summed E-state index contributed by atoms with van der Waals surface area (Å²) in [5.41, 5.74) is -6.63. The van der Waals surface area contributed by atoms with Gasteiger partial charge in [0.15, 0.2) is 0 Å². The third-order valence-electron chi connectivity index (χ3n) is 11.7. The molecule has 1 aliphatic carbocycles. The van der Waals surface area contributed by atoms with Crippen LogP contribution in [0.3, 0.4) is 0 Å². The lowest BCUT2D eigenvalue weighted by molar-refractivity contribution is -0.144. The molecule has 0 bridgehead atoms. The first-order valence-electron chi connectivity index (χ1n) is 24.5. The molecule has 0 aliphatic heterocycles. The number of aromatic carboxylic acids is 3. The van der Waals surface area contributed by atoms with Gasteiger partial charge in [0.2, 0.25) is 17.7 Å². The molecule has 29 heteroatoms. The molecule has 0 unspecified atom stereocenters. The van der Waals surface area contributed by atoms with E-state index in [2.05, 4.69) is 31.9 Å². The average molecular weight is 1280 g/mol. The van der Waals surface area contributed by atoms with Crippen LogP contribution in [-0.2, 0) is 58.9 Å². The molecule has 6 N–H and O–H groups in total. The van der Waals surface area contributed by atoms with Crippen molar-refractivity contribution >= 4 is 68.6 Å². The lowest BCUT2D eigenvalue weighted by Gasteiger charge is -2.17. The number of benzene rings is 6. The second-order valence-corrected chi connectivity index (χ2v) is 18.9. The van der Waals surface area contributed by atoms with Crippen LogP contribution >= 0.6 is 15.9 Å². The van der Waals surface area contributed by atoms with Crippen molar-refractivity contribution in [3.8, 4) is 17.2 Å². The zero-order chi connectivity index (χ0) is 63.4. The van der Waals surface area contributed by atoms with Crippen LogP contribution in [0.15, 0.2) is 114 Å². The number of amides is 3. The van der Waals surface area contributed by atoms with Crippen LogP contribution in [0.4, 0.5) is 74.1 Å². The van der Waals surface area contributed by atoms with Gasteiger partial charge in [0.25, 0.3) is 0 Å². The van der Waals surface area contributed by atoms with Crippen LogP contribution < -0.4 is 30.2 Å². The van der Waals surface area contributed by atoms with E-state index in [1.807, 2.05) is 0 Å². The number of carbonyl (C=O) groups is 6. The normalized spacial score (nSPS) is 12.3. The Hall–Kier alpha value is -8.89. The van der Waals surface area contributed by atoms with Crippen LogP contribution in [0, 0.1) is 11.7 Å². The number of alkyl halides is 12. The van der Waals surface area contributed by atoms with E-state index in [-0.39, 0.29) is 97.3 Å². The fourth-order valence-corrected chi connectivity index (χ4v) is 7.62. The molecule has 0 radical (unpaired) electrons. The van der Waals surface area contributed by atoms with Gasteiger partial charge < -0.3 is 45.5 Å². The monoisotopic (exact) mass is 1280 g/mol. The standard InChI is InChI=1S/C19H15BrF3NO4.C19H15F6NO4.C18H15F4NO4/c20-12-4-3-11(15(7-12)19(21,22)23)9-28-13-5-6-16(14(8-13)18(26)27)24-17(25)10-1-2-10;1-2-16(27)26-15-6-5-12(8-13(15)17(28)29)30-9-10-3-4-11(18(20,21)22)7-14(10)19(23,24)25;1-2-16(24)23-15-6-5-12(8-13(15)17(25)26)27-9-10-3-4-11(19)7-14(10)18(20,21)22/h3-8,10H,1-2,9H2,(H,24,25)(H,26,27);3-8H,2,9H2,1H3,(H,26,27)(H,28,29);3-8H,2,9H2,1H3,(H,23,24)(H,25,26). The Morgan fingerprint density at radius 3 is 1.18 bits per heavy atom. The lowest BCUT2D eigenvalue weighted by atomic mass is 10.0. The van der Waals surface area contributed by atoms with Gasteiger partial charge in [-0.3, -0.25) is 14.4 Å². The highest BCUT2D eigenvalue weighted by Gasteiger charge is 2.39. The number of carboxylic acid groups (broad SMARTS) is 3. The average Bonchev–Trinajstić information content (AvgIpc) is 4.30. The summed E-state index contributed by atoms with van der Waals surface area (Å²) >= 11 is 3.01. The molecule has 1 saturated carbocycles. The maximum atomic E-state index is 13.2. The van der Waals surface area contributed by atoms with E-state index in [9.17, 15) is 101 Å². The number of nitrogens with one attached hydrogen (secondary N) is 3. The predicted octanol–water partition coefficient (Wildman–Crippen LogP) is 14.9. The van der Waals surface area contributed by atoms with Gasteiger partial charge in [-0.15, -0.1) is 0 Å². The summed E-state index contributed by atoms with van der Waals surface area (Å²) in [6.45, 7) is 1.44. The lowest BCUT2D eigenvalue weighted by Crippen LogP contribution is -2.16. The third-order valence-corrected chi connectivity index (χ3v) is 12.2. The first-order valence-corrected chi connectivity index (χ1v) is 25.3. The van der Waals surface area contributed by atoms with Crippen molar-refractivity contribution in [1.82, 2.24) is 0 Å². The molecule has 15 nitrogen and oxygen atoms in total. The van der Waals surface area contributed by atoms with Crippen LogP contribution in [0.2, 0.25) is 0 Å². The van der Waals surface area contributed by atoms with E-state index in [0.29, 0.717) is 18.2 Å². The highest BCUT2D eigenvalue weighted by molar-refractivity contribution is 9.10. The topological polar surface area (TPSA) is 227 Å². The molecule has 0 spiro atoms. The second kappa shape index (κ2) is 28.1. The second-order valence-electron chi connectivity index (χ2n) is 17.9. The zero-order valence-electron chi connectivity index (χ0n) is 43.7. The molecule has 0 heterocycles. The van der Waals surface area contributed by atoms with Gasteiger partial charge in [-0.05, 0) is 104 Å². The largest absolute Gasteiger partial charge is 0.489 e. The molecule has 0 saturated heterocycles. The predicted molar refractivity (Wildman–Crippen MR) is 279 cm³/mol. The van der Waals surface area contributed by atoms with Crippen molar-refractivity contribution in [3.63, 3.8) is 0 Å². The summed E-state index contributed by atoms with van der Waals surface area (Å²) < 4.78 is 185. The number of halogens is 14. The highest BCUT2D eigenvalue weighted by Crippen LogP contribution is 2.40. The Kier molecular flexibility index (Phi) is 22.1. The first kappa shape index (κ1) is 66.9. The summed E-state index contributed by atoms with van der Waals surface area (Å²) in [6.07, 6.45) is -17.6. The maximum absolute atomic E-state index is 13.2. The molecule has 6 aromatic rings. The Labute approximate surface area is 480 Å². The molecule has 3 amide bonds. The quantitative estimate of drug-likeness (QED) is 0.0442. The molecule has 1 fully saturated rings. The van der Waals surface area contributed by atoms with Crippen LogP contribution in [0.1, 0.15) is 110 Å². The molecular weight excluding hydrogens is 1230 g/mol. The minimum atomic E-state index is -5.06. The Morgan fingerprint density at radius 2 is 0.824 bits per heavy atom. The van der Waals surface area contributed by atoms with E-state index >= 15 is 0 Å². The summed E-state index contributed by atoms with van der Waals surface area (Å²) in [5, 5.41) is 35.2. The number of ether oxygens (including phenoxy) is 3. The van der Waals surface area contributed by atoms with Crippen molar-refractivity contribution < 1.29 is 115 Å². The number of anilines is 3. The van der Waals surface area contributed by atoms with Gasteiger partial charge >= 0.3 is 42.6 Å². The van der Waals surface area contributed by atoms with Crippen molar-refractivity contribution in [2.24, 2.45) is 5.92 Å². The molecule has 1 aliphatic rings. The number of rotatable bonds is 18. The number of carbonyl (C=O) groups excluding carboxylic acids is 3. The highest BCUT2D eigenvalue weighted by atomic mass is 79.9. The van der Waals surface area contributed by atoms with Gasteiger partial charge in [-0.2, -0.15) is 52.7 Å². The van der Waals surface area contributed by atoms with Gasteiger partial charge in [-0.25, -0.2) is 18.8 Å². The van der Waals surface area contributed by atoms with Crippen molar-refractivity contribution in [2.45, 2.75) is 84.1 Å². The Balaban J connectivity index is 0.000000233. The summed E-state index contributed by atoms with van der Waals surface area (Å²) in [4.78, 5) is 69.0. The van der Waals surface area contributed by atoms with Gasteiger partial charge in [0, 0.05) is 39.9 Å². The summed E-state index contributed by atoms with van der Waals surface area (Å²) in [7, 11) is 0. The van der Waals surface area contributed by atoms with Gasteiger partial charge in [0.1, 0.15) is 42.9 Å². The minimum absolute atomic E-state index is 0.00918. The molecular formula is C56H45BrF13N3O12. The fraction of sp³-hybridized carbons (Fsp3) is 0.250. The molecule has 85 heavy (non-hydrogen) atoms. The summed E-state index contributed by atoms with van der Waals surface area (Å²) in [5.74, 6) is -6.35. The van der Waals surface area contributed by atoms with Crippen LogP contribution in [0.5, 0.6) is 17.2 Å².